The second kappa shape index (κ2) is 8.01. The number of methoxy groups -OCH3 is 1. The van der Waals surface area contributed by atoms with Crippen molar-refractivity contribution in [2.75, 3.05) is 19.1 Å². The quantitative estimate of drug-likeness (QED) is 0.613. The Balaban J connectivity index is 2.23. The van der Waals surface area contributed by atoms with E-state index in [-0.39, 0.29) is 0 Å². The third kappa shape index (κ3) is 4.34. The highest BCUT2D eigenvalue weighted by Crippen LogP contribution is 2.34. The molecule has 0 spiro atoms. The number of anilines is 1. The van der Waals surface area contributed by atoms with Crippen LogP contribution in [0.4, 0.5) is 11.4 Å². The molecule has 0 aromatic heterocycles. The molecule has 0 saturated heterocycles. The summed E-state index contributed by atoms with van der Waals surface area (Å²) in [4.78, 5) is 0. The highest BCUT2D eigenvalue weighted by molar-refractivity contribution is 6.30. The fraction of sp³-hybridized carbons (Fsp3) is 0.188. The molecular formula is C16H15ClN4O2. The number of nitrogens with one attached hydrogen (secondary N) is 1. The Labute approximate surface area is 139 Å². The van der Waals surface area contributed by atoms with Gasteiger partial charge in [0.1, 0.15) is 11.8 Å². The number of halogens is 1. The summed E-state index contributed by atoms with van der Waals surface area (Å²) in [7, 11) is 1.52. The number of nitrogens with zero attached hydrogens (tertiary/aromatic N) is 3. The average molecular weight is 331 g/mol. The molecule has 0 aliphatic carbocycles. The van der Waals surface area contributed by atoms with Gasteiger partial charge < -0.3 is 9.47 Å². The predicted octanol–water partition coefficient (Wildman–Crippen LogP) is 4.73. The first kappa shape index (κ1) is 16.6. The van der Waals surface area contributed by atoms with Crippen LogP contribution in [0.1, 0.15) is 12.5 Å². The van der Waals surface area contributed by atoms with E-state index in [0.29, 0.717) is 34.4 Å². The van der Waals surface area contributed by atoms with Crippen molar-refractivity contribution in [3.8, 4) is 17.6 Å². The fourth-order valence-electron chi connectivity index (χ4n) is 1.81. The van der Waals surface area contributed by atoms with E-state index in [4.69, 9.17) is 21.1 Å². The number of hydrogen-bond acceptors (Lipinski definition) is 5. The maximum absolute atomic E-state index is 9.22. The van der Waals surface area contributed by atoms with E-state index in [1.807, 2.05) is 6.92 Å². The van der Waals surface area contributed by atoms with E-state index in [2.05, 4.69) is 21.8 Å². The molecule has 1 N–H and O–H groups in total. The molecule has 0 bridgehead atoms. The highest BCUT2D eigenvalue weighted by atomic mass is 35.5. The standard InChI is InChI=1S/C16H15ClN4O2/c1-3-23-16-9-14(11(10-18)8-15(16)22-2)20-21-19-13-6-4-12(17)5-7-13/h4-9H,3H2,1-2H3,(H,19,20). The highest BCUT2D eigenvalue weighted by Gasteiger charge is 2.11. The molecule has 2 aromatic rings. The fourth-order valence-corrected chi connectivity index (χ4v) is 1.94. The van der Waals surface area contributed by atoms with E-state index >= 15 is 0 Å². The van der Waals surface area contributed by atoms with Gasteiger partial charge in [0.15, 0.2) is 11.5 Å². The van der Waals surface area contributed by atoms with Gasteiger partial charge in [-0.2, -0.15) is 5.26 Å². The molecule has 0 heterocycles. The van der Waals surface area contributed by atoms with E-state index in [0.717, 1.165) is 5.69 Å². The summed E-state index contributed by atoms with van der Waals surface area (Å²) in [6, 6.07) is 12.3. The zero-order valence-corrected chi connectivity index (χ0v) is 13.5. The van der Waals surface area contributed by atoms with Crippen LogP contribution in [0.15, 0.2) is 46.7 Å². The van der Waals surface area contributed by atoms with Crippen molar-refractivity contribution < 1.29 is 9.47 Å². The van der Waals surface area contributed by atoms with Crippen molar-refractivity contribution >= 4 is 23.0 Å². The molecule has 0 amide bonds. The Morgan fingerprint density at radius 1 is 1.22 bits per heavy atom. The van der Waals surface area contributed by atoms with Crippen molar-refractivity contribution in [1.82, 2.24) is 0 Å². The van der Waals surface area contributed by atoms with Gasteiger partial charge in [0.25, 0.3) is 0 Å². The van der Waals surface area contributed by atoms with Crippen LogP contribution in [0.5, 0.6) is 11.5 Å². The van der Waals surface area contributed by atoms with Crippen molar-refractivity contribution in [3.05, 3.63) is 47.0 Å². The molecule has 118 valence electrons. The topological polar surface area (TPSA) is 79.0 Å². The van der Waals surface area contributed by atoms with Crippen molar-refractivity contribution in [1.29, 1.82) is 5.26 Å². The lowest BCUT2D eigenvalue weighted by molar-refractivity contribution is 0.311. The Morgan fingerprint density at radius 3 is 2.57 bits per heavy atom. The largest absolute Gasteiger partial charge is 0.493 e. The first-order valence-electron chi connectivity index (χ1n) is 6.85. The number of hydrogen-bond donors (Lipinski definition) is 1. The van der Waals surface area contributed by atoms with Crippen LogP contribution >= 0.6 is 11.6 Å². The summed E-state index contributed by atoms with van der Waals surface area (Å²) in [5, 5.41) is 17.8. The lowest BCUT2D eigenvalue weighted by atomic mass is 10.2. The van der Waals surface area contributed by atoms with E-state index < -0.39 is 0 Å². The Kier molecular flexibility index (Phi) is 5.78. The minimum absolute atomic E-state index is 0.340. The van der Waals surface area contributed by atoms with Crippen molar-refractivity contribution in [2.24, 2.45) is 10.3 Å². The van der Waals surface area contributed by atoms with E-state index in [9.17, 15) is 5.26 Å². The maximum atomic E-state index is 9.22. The van der Waals surface area contributed by atoms with Gasteiger partial charge in [0.05, 0.1) is 25.0 Å². The van der Waals surface area contributed by atoms with Crippen LogP contribution in [-0.4, -0.2) is 13.7 Å². The molecule has 23 heavy (non-hydrogen) atoms. The smallest absolute Gasteiger partial charge is 0.163 e. The monoisotopic (exact) mass is 330 g/mol. The Hall–Kier alpha value is -2.78. The maximum Gasteiger partial charge on any atom is 0.163 e. The molecule has 0 radical (unpaired) electrons. The van der Waals surface area contributed by atoms with Gasteiger partial charge in [-0.1, -0.05) is 16.8 Å². The van der Waals surface area contributed by atoms with Crippen molar-refractivity contribution in [3.63, 3.8) is 0 Å². The van der Waals surface area contributed by atoms with Gasteiger partial charge in [-0.25, -0.2) is 0 Å². The first-order valence-corrected chi connectivity index (χ1v) is 7.23. The van der Waals surface area contributed by atoms with Crippen LogP contribution in [0.25, 0.3) is 0 Å². The zero-order chi connectivity index (χ0) is 16.7. The summed E-state index contributed by atoms with van der Waals surface area (Å²) >= 11 is 5.81. The molecule has 0 saturated carbocycles. The van der Waals surface area contributed by atoms with Gasteiger partial charge in [0.2, 0.25) is 0 Å². The minimum Gasteiger partial charge on any atom is -0.493 e. The summed E-state index contributed by atoms with van der Waals surface area (Å²) < 4.78 is 10.7. The van der Waals surface area contributed by atoms with Gasteiger partial charge in [-0.15, -0.1) is 5.11 Å². The number of benzene rings is 2. The molecule has 0 aliphatic rings. The number of rotatable bonds is 6. The zero-order valence-electron chi connectivity index (χ0n) is 12.7. The number of ether oxygens (including phenoxy) is 2. The van der Waals surface area contributed by atoms with E-state index in [1.54, 1.807) is 36.4 Å². The third-order valence-electron chi connectivity index (χ3n) is 2.88. The van der Waals surface area contributed by atoms with Gasteiger partial charge in [-0.05, 0) is 31.2 Å². The second-order valence-electron chi connectivity index (χ2n) is 4.38. The summed E-state index contributed by atoms with van der Waals surface area (Å²) in [5.41, 5.74) is 4.23. The third-order valence-corrected chi connectivity index (χ3v) is 3.14. The molecule has 0 aliphatic heterocycles. The lowest BCUT2D eigenvalue weighted by Crippen LogP contribution is -1.96. The summed E-state index contributed by atoms with van der Waals surface area (Å²) in [6.07, 6.45) is 0. The Bertz CT molecular complexity index is 739. The van der Waals surface area contributed by atoms with Gasteiger partial charge >= 0.3 is 0 Å². The van der Waals surface area contributed by atoms with Gasteiger partial charge in [0, 0.05) is 17.2 Å². The lowest BCUT2D eigenvalue weighted by Gasteiger charge is -2.10. The predicted molar refractivity (Wildman–Crippen MR) is 88.5 cm³/mol. The molecule has 2 aromatic carbocycles. The van der Waals surface area contributed by atoms with Crippen LogP contribution < -0.4 is 14.9 Å². The Morgan fingerprint density at radius 2 is 1.96 bits per heavy atom. The molecular weight excluding hydrogens is 316 g/mol. The molecule has 7 heteroatoms. The first-order chi connectivity index (χ1) is 11.2. The molecule has 0 atom stereocenters. The SMILES string of the molecule is CCOc1cc(N=NNc2ccc(Cl)cc2)c(C#N)cc1OC. The normalized spacial score (nSPS) is 10.3. The van der Waals surface area contributed by atoms with Crippen LogP contribution in [0.2, 0.25) is 5.02 Å². The average Bonchev–Trinajstić information content (AvgIpc) is 2.57. The van der Waals surface area contributed by atoms with Crippen LogP contribution in [-0.2, 0) is 0 Å². The molecule has 2 rings (SSSR count). The molecule has 0 unspecified atom stereocenters. The second-order valence-corrected chi connectivity index (χ2v) is 4.82. The number of nitriles is 1. The summed E-state index contributed by atoms with van der Waals surface area (Å²) in [5.74, 6) is 0.988. The minimum atomic E-state index is 0.340. The van der Waals surface area contributed by atoms with Crippen LogP contribution in [0, 0.1) is 11.3 Å². The summed E-state index contributed by atoms with van der Waals surface area (Å²) in [6.45, 7) is 2.34. The van der Waals surface area contributed by atoms with Gasteiger partial charge in [-0.3, -0.25) is 5.43 Å². The van der Waals surface area contributed by atoms with E-state index in [1.165, 1.54) is 7.11 Å². The van der Waals surface area contributed by atoms with Crippen molar-refractivity contribution in [2.45, 2.75) is 6.92 Å². The molecule has 6 nitrogen and oxygen atoms in total. The van der Waals surface area contributed by atoms with Crippen LogP contribution in [0.3, 0.4) is 0 Å². The molecule has 0 fully saturated rings.